The Labute approximate surface area is 231 Å². The molecule has 1 amide bonds. The van der Waals surface area contributed by atoms with Crippen LogP contribution < -0.4 is 4.74 Å². The number of allylic oxidation sites excluding steroid dienone is 4. The summed E-state index contributed by atoms with van der Waals surface area (Å²) in [5.74, 6) is 2.03. The lowest BCUT2D eigenvalue weighted by atomic mass is 9.90. The highest BCUT2D eigenvalue weighted by Gasteiger charge is 2.25. The predicted octanol–water partition coefficient (Wildman–Crippen LogP) is 4.07. The maximum atomic E-state index is 11.6. The van der Waals surface area contributed by atoms with Gasteiger partial charge in [0.15, 0.2) is 5.82 Å². The Balaban J connectivity index is 1.27. The van der Waals surface area contributed by atoms with Crippen LogP contribution in [0.4, 0.5) is 0 Å². The number of ether oxygens (including phenoxy) is 1. The average molecular weight is 545 g/mol. The zero-order chi connectivity index (χ0) is 26.9. The summed E-state index contributed by atoms with van der Waals surface area (Å²) in [6.45, 7) is 10.6. The number of pyridine rings is 1. The quantitative estimate of drug-likeness (QED) is 0.374. The Morgan fingerprint density at radius 3 is 2.85 bits per heavy atom. The average Bonchev–Trinajstić information content (AvgIpc) is 3.67. The number of nitrogens with one attached hydrogen (secondary N) is 1. The third-order valence-electron chi connectivity index (χ3n) is 7.45. The summed E-state index contributed by atoms with van der Waals surface area (Å²) in [6, 6.07) is 3.99. The highest BCUT2D eigenvalue weighted by atomic mass is 32.1. The zero-order valence-electron chi connectivity index (χ0n) is 22.4. The molecule has 4 aromatic rings. The smallest absolute Gasteiger partial charge is 0.219 e. The maximum absolute atomic E-state index is 11.6. The van der Waals surface area contributed by atoms with Crippen molar-refractivity contribution in [3.05, 3.63) is 54.3 Å². The molecular weight excluding hydrogens is 512 g/mol. The largest absolute Gasteiger partial charge is 0.492 e. The summed E-state index contributed by atoms with van der Waals surface area (Å²) in [4.78, 5) is 26.4. The molecule has 0 saturated carbocycles. The fourth-order valence-electron chi connectivity index (χ4n) is 5.23. The molecule has 1 atom stereocenters. The molecule has 0 aromatic carbocycles. The van der Waals surface area contributed by atoms with Crippen molar-refractivity contribution in [1.29, 1.82) is 0 Å². The van der Waals surface area contributed by atoms with Crippen molar-refractivity contribution < 1.29 is 9.53 Å². The van der Waals surface area contributed by atoms with E-state index in [0.717, 1.165) is 83.1 Å². The highest BCUT2D eigenvalue weighted by molar-refractivity contribution is 7.18. The third-order valence-corrected chi connectivity index (χ3v) is 8.53. The van der Waals surface area contributed by atoms with E-state index >= 15 is 0 Å². The van der Waals surface area contributed by atoms with Crippen LogP contribution in [-0.4, -0.2) is 84.8 Å². The lowest BCUT2D eigenvalue weighted by Crippen LogP contribution is -2.48. The minimum absolute atomic E-state index is 0.147. The lowest BCUT2D eigenvalue weighted by molar-refractivity contribution is -0.130. The molecule has 202 valence electrons. The van der Waals surface area contributed by atoms with Crippen LogP contribution in [0.15, 0.2) is 42.9 Å². The molecule has 5 heterocycles. The minimum atomic E-state index is 0.147. The van der Waals surface area contributed by atoms with E-state index in [2.05, 4.69) is 45.2 Å². The zero-order valence-corrected chi connectivity index (χ0v) is 23.2. The molecule has 0 radical (unpaired) electrons. The monoisotopic (exact) mass is 544 g/mol. The SMILES string of the molecule is CC(=O)N1CCN(CCOc2ccn3nc(C)c(-c4nc(C5=CC=CCC5C)c(-c5ncn[nH]5)s4)c3c2)CC1. The fraction of sp³-hybridized carbons (Fsp3) is 0.393. The topological polar surface area (TPSA) is 105 Å². The number of carbonyl (C=O) groups is 1. The van der Waals surface area contributed by atoms with Gasteiger partial charge in [-0.05, 0) is 30.9 Å². The second-order valence-corrected chi connectivity index (χ2v) is 11.1. The van der Waals surface area contributed by atoms with Gasteiger partial charge in [0, 0.05) is 51.9 Å². The number of aromatic nitrogens is 6. The van der Waals surface area contributed by atoms with Crippen LogP contribution in [0.3, 0.4) is 0 Å². The minimum Gasteiger partial charge on any atom is -0.492 e. The summed E-state index contributed by atoms with van der Waals surface area (Å²) in [7, 11) is 0. The molecule has 10 nitrogen and oxygen atoms in total. The van der Waals surface area contributed by atoms with Crippen LogP contribution in [0, 0.1) is 12.8 Å². The molecule has 2 aliphatic rings. The van der Waals surface area contributed by atoms with E-state index in [1.54, 1.807) is 18.3 Å². The Hall–Kier alpha value is -3.83. The van der Waals surface area contributed by atoms with Crippen LogP contribution in [0.5, 0.6) is 5.75 Å². The standard InChI is InChI=1S/C28H32N8O2S/c1-18-6-4-5-7-22(18)25-26(27-29-17-30-32-27)39-28(31-25)24-19(2)33-36-9-8-21(16-23(24)36)38-15-14-34-10-12-35(13-11-34)20(3)37/h4-5,7-9,16-18H,6,10-15H2,1-3H3,(H,29,30,32). The van der Waals surface area contributed by atoms with Gasteiger partial charge in [-0.15, -0.1) is 11.3 Å². The van der Waals surface area contributed by atoms with Crippen molar-refractivity contribution in [1.82, 2.24) is 39.6 Å². The summed E-state index contributed by atoms with van der Waals surface area (Å²) in [5.41, 5.74) is 5.01. The van der Waals surface area contributed by atoms with Gasteiger partial charge in [-0.25, -0.2) is 14.5 Å². The van der Waals surface area contributed by atoms with E-state index in [1.165, 1.54) is 11.9 Å². The van der Waals surface area contributed by atoms with E-state index in [0.29, 0.717) is 12.5 Å². The number of amides is 1. The number of rotatable bonds is 7. The maximum Gasteiger partial charge on any atom is 0.219 e. The number of H-pyrrole nitrogens is 1. The van der Waals surface area contributed by atoms with Crippen molar-refractivity contribution in [3.8, 4) is 27.0 Å². The summed E-state index contributed by atoms with van der Waals surface area (Å²) >= 11 is 1.61. The van der Waals surface area contributed by atoms with Crippen molar-refractivity contribution in [3.63, 3.8) is 0 Å². The molecule has 6 rings (SSSR count). The molecule has 0 bridgehead atoms. The molecular formula is C28H32N8O2S. The van der Waals surface area contributed by atoms with Gasteiger partial charge in [0.2, 0.25) is 5.91 Å². The van der Waals surface area contributed by atoms with Gasteiger partial charge in [0.1, 0.15) is 23.7 Å². The number of aryl methyl sites for hydroxylation is 1. The van der Waals surface area contributed by atoms with Gasteiger partial charge < -0.3 is 9.64 Å². The normalized spacial score (nSPS) is 18.1. The first-order valence-corrected chi connectivity index (χ1v) is 14.1. The molecule has 1 saturated heterocycles. The van der Waals surface area contributed by atoms with Gasteiger partial charge in [0.05, 0.1) is 27.3 Å². The Kier molecular flexibility index (Phi) is 7.01. The molecule has 1 aliphatic carbocycles. The van der Waals surface area contributed by atoms with Gasteiger partial charge in [-0.1, -0.05) is 25.2 Å². The van der Waals surface area contributed by atoms with E-state index in [1.807, 2.05) is 34.7 Å². The molecule has 11 heteroatoms. The van der Waals surface area contributed by atoms with Crippen molar-refractivity contribution in [2.24, 2.45) is 5.92 Å². The van der Waals surface area contributed by atoms with Crippen LogP contribution in [0.2, 0.25) is 0 Å². The molecule has 0 spiro atoms. The second kappa shape index (κ2) is 10.7. The fourth-order valence-corrected chi connectivity index (χ4v) is 6.37. The van der Waals surface area contributed by atoms with E-state index in [4.69, 9.17) is 14.8 Å². The number of carbonyl (C=O) groups excluding carboxylic acids is 1. The molecule has 1 fully saturated rings. The second-order valence-electron chi connectivity index (χ2n) is 10.1. The number of fused-ring (bicyclic) bond motifs is 1. The van der Waals surface area contributed by atoms with Crippen molar-refractivity contribution in [2.75, 3.05) is 39.3 Å². The van der Waals surface area contributed by atoms with Crippen molar-refractivity contribution in [2.45, 2.75) is 27.2 Å². The molecule has 1 aliphatic heterocycles. The third kappa shape index (κ3) is 5.11. The summed E-state index contributed by atoms with van der Waals surface area (Å²) in [5, 5.41) is 12.8. The van der Waals surface area contributed by atoms with Crippen molar-refractivity contribution >= 4 is 28.3 Å². The number of nitrogens with zero attached hydrogens (tertiary/aromatic N) is 7. The Bertz CT molecular complexity index is 1540. The Morgan fingerprint density at radius 2 is 2.10 bits per heavy atom. The molecule has 1 N–H and O–H groups in total. The van der Waals surface area contributed by atoms with Crippen LogP contribution in [0.1, 0.15) is 31.7 Å². The van der Waals surface area contributed by atoms with Gasteiger partial charge >= 0.3 is 0 Å². The van der Waals surface area contributed by atoms with Gasteiger partial charge in [-0.2, -0.15) is 10.2 Å². The first-order chi connectivity index (χ1) is 19.0. The highest BCUT2D eigenvalue weighted by Crippen LogP contribution is 2.42. The molecule has 39 heavy (non-hydrogen) atoms. The molecule has 1 unspecified atom stereocenters. The molecule has 4 aromatic heterocycles. The van der Waals surface area contributed by atoms with E-state index < -0.39 is 0 Å². The Morgan fingerprint density at radius 1 is 1.26 bits per heavy atom. The first-order valence-electron chi connectivity index (χ1n) is 13.3. The van der Waals surface area contributed by atoms with Crippen LogP contribution in [0.25, 0.3) is 32.4 Å². The van der Waals surface area contributed by atoms with Gasteiger partial charge in [0.25, 0.3) is 0 Å². The van der Waals surface area contributed by atoms with Crippen LogP contribution in [-0.2, 0) is 4.79 Å². The lowest BCUT2D eigenvalue weighted by Gasteiger charge is -2.34. The number of hydrogen-bond donors (Lipinski definition) is 1. The number of aromatic amines is 1. The summed E-state index contributed by atoms with van der Waals surface area (Å²) in [6.07, 6.45) is 10.9. The number of thiazole rings is 1. The van der Waals surface area contributed by atoms with E-state index in [9.17, 15) is 4.79 Å². The predicted molar refractivity (Wildman–Crippen MR) is 152 cm³/mol. The number of piperazine rings is 1. The summed E-state index contributed by atoms with van der Waals surface area (Å²) < 4.78 is 8.06. The van der Waals surface area contributed by atoms with Crippen LogP contribution >= 0.6 is 11.3 Å². The first kappa shape index (κ1) is 25.4. The number of hydrogen-bond acceptors (Lipinski definition) is 8. The van der Waals surface area contributed by atoms with Gasteiger partial charge in [-0.3, -0.25) is 14.8 Å². The van der Waals surface area contributed by atoms with E-state index in [-0.39, 0.29) is 5.91 Å².